The standard InChI is InChI=1S/C25H31N7O/c1-19-29-30-24(31(19)2)18-28-25(27-17-20-9-11-22(33-3)12-10-20)26-14-6-15-32-16-13-21-7-4-5-8-23(21)32/h4-5,7-13,16H,6,14-15,17-18H2,1-3H3,(H2,26,27,28). The number of nitrogens with zero attached hydrogens (tertiary/aromatic N) is 5. The van der Waals surface area contributed by atoms with Gasteiger partial charge in [-0.3, -0.25) is 0 Å². The Balaban J connectivity index is 1.36. The summed E-state index contributed by atoms with van der Waals surface area (Å²) in [5.41, 5.74) is 2.38. The van der Waals surface area contributed by atoms with Crippen LogP contribution in [0.4, 0.5) is 0 Å². The first-order valence-corrected chi connectivity index (χ1v) is 11.2. The van der Waals surface area contributed by atoms with Gasteiger partial charge in [0.2, 0.25) is 0 Å². The summed E-state index contributed by atoms with van der Waals surface area (Å²) in [5.74, 6) is 3.35. The van der Waals surface area contributed by atoms with E-state index in [9.17, 15) is 0 Å². The molecule has 0 saturated heterocycles. The molecule has 2 aromatic carbocycles. The van der Waals surface area contributed by atoms with Crippen molar-refractivity contribution < 1.29 is 4.74 Å². The van der Waals surface area contributed by atoms with Crippen LogP contribution in [0.2, 0.25) is 0 Å². The van der Waals surface area contributed by atoms with Crippen molar-refractivity contribution >= 4 is 16.9 Å². The van der Waals surface area contributed by atoms with Crippen LogP contribution in [-0.2, 0) is 26.7 Å². The number of aliphatic imine (C=N–C) groups is 1. The summed E-state index contributed by atoms with van der Waals surface area (Å²) in [7, 11) is 3.64. The predicted molar refractivity (Wildman–Crippen MR) is 131 cm³/mol. The fourth-order valence-electron chi connectivity index (χ4n) is 3.64. The number of fused-ring (bicyclic) bond motifs is 1. The second-order valence-electron chi connectivity index (χ2n) is 7.94. The van der Waals surface area contributed by atoms with E-state index >= 15 is 0 Å². The van der Waals surface area contributed by atoms with Crippen LogP contribution in [0.5, 0.6) is 5.75 Å². The Morgan fingerprint density at radius 1 is 1.03 bits per heavy atom. The van der Waals surface area contributed by atoms with Crippen molar-refractivity contribution in [3.8, 4) is 5.75 Å². The third-order valence-electron chi connectivity index (χ3n) is 5.72. The van der Waals surface area contributed by atoms with Gasteiger partial charge in [-0.2, -0.15) is 0 Å². The van der Waals surface area contributed by atoms with Crippen molar-refractivity contribution in [1.82, 2.24) is 30.0 Å². The van der Waals surface area contributed by atoms with Crippen molar-refractivity contribution in [3.63, 3.8) is 0 Å². The van der Waals surface area contributed by atoms with Gasteiger partial charge >= 0.3 is 0 Å². The summed E-state index contributed by atoms with van der Waals surface area (Å²) >= 11 is 0. The summed E-state index contributed by atoms with van der Waals surface area (Å²) < 4.78 is 9.51. The average Bonchev–Trinajstić information content (AvgIpc) is 3.41. The second-order valence-corrected chi connectivity index (χ2v) is 7.94. The van der Waals surface area contributed by atoms with Crippen LogP contribution >= 0.6 is 0 Å². The highest BCUT2D eigenvalue weighted by molar-refractivity contribution is 5.80. The lowest BCUT2D eigenvalue weighted by Crippen LogP contribution is -2.38. The van der Waals surface area contributed by atoms with E-state index in [-0.39, 0.29) is 0 Å². The number of para-hydroxylation sites is 1. The topological polar surface area (TPSA) is 81.3 Å². The Morgan fingerprint density at radius 3 is 2.61 bits per heavy atom. The van der Waals surface area contributed by atoms with E-state index in [0.717, 1.165) is 48.4 Å². The summed E-state index contributed by atoms with van der Waals surface area (Å²) in [6.45, 7) is 4.80. The van der Waals surface area contributed by atoms with Crippen molar-refractivity contribution in [2.24, 2.45) is 12.0 Å². The van der Waals surface area contributed by atoms with Crippen molar-refractivity contribution in [1.29, 1.82) is 0 Å². The lowest BCUT2D eigenvalue weighted by atomic mass is 10.2. The molecule has 172 valence electrons. The number of aryl methyl sites for hydroxylation is 2. The quantitative estimate of drug-likeness (QED) is 0.234. The maximum absolute atomic E-state index is 5.24. The van der Waals surface area contributed by atoms with Gasteiger partial charge in [-0.05, 0) is 48.6 Å². The molecule has 2 N–H and O–H groups in total. The summed E-state index contributed by atoms with van der Waals surface area (Å²) in [6, 6.07) is 18.6. The average molecular weight is 446 g/mol. The molecule has 0 unspecified atom stereocenters. The fraction of sp³-hybridized carbons (Fsp3) is 0.320. The minimum atomic E-state index is 0.550. The zero-order chi connectivity index (χ0) is 23.0. The fourth-order valence-corrected chi connectivity index (χ4v) is 3.64. The molecule has 4 aromatic rings. The summed E-state index contributed by atoms with van der Waals surface area (Å²) in [4.78, 5) is 4.77. The first-order chi connectivity index (χ1) is 16.1. The Hall–Kier alpha value is -3.81. The molecular formula is C25H31N7O. The number of benzene rings is 2. The van der Waals surface area contributed by atoms with Gasteiger partial charge in [-0.1, -0.05) is 30.3 Å². The molecular weight excluding hydrogens is 414 g/mol. The molecule has 0 spiro atoms. The number of methoxy groups -OCH3 is 1. The molecule has 0 aliphatic rings. The highest BCUT2D eigenvalue weighted by atomic mass is 16.5. The first-order valence-electron chi connectivity index (χ1n) is 11.2. The van der Waals surface area contributed by atoms with Gasteiger partial charge in [0.05, 0.1) is 20.2 Å². The molecule has 2 aromatic heterocycles. The predicted octanol–water partition coefficient (Wildman–Crippen LogP) is 3.41. The van der Waals surface area contributed by atoms with E-state index in [1.165, 1.54) is 10.9 Å². The molecule has 0 saturated carbocycles. The van der Waals surface area contributed by atoms with Crippen LogP contribution < -0.4 is 15.4 Å². The molecule has 0 aliphatic heterocycles. The Labute approximate surface area is 194 Å². The third-order valence-corrected chi connectivity index (χ3v) is 5.72. The van der Waals surface area contributed by atoms with Crippen molar-refractivity contribution in [2.75, 3.05) is 13.7 Å². The normalized spacial score (nSPS) is 11.7. The van der Waals surface area contributed by atoms with E-state index in [2.05, 4.69) is 61.9 Å². The van der Waals surface area contributed by atoms with Crippen LogP contribution in [0, 0.1) is 6.92 Å². The van der Waals surface area contributed by atoms with Gasteiger partial charge in [-0.25, -0.2) is 4.99 Å². The SMILES string of the molecule is COc1ccc(CN=C(NCCCn2ccc3ccccc32)NCc2nnc(C)n2C)cc1. The molecule has 0 amide bonds. The van der Waals surface area contributed by atoms with Gasteiger partial charge < -0.3 is 24.5 Å². The molecule has 0 bridgehead atoms. The maximum atomic E-state index is 5.24. The lowest BCUT2D eigenvalue weighted by Gasteiger charge is -2.13. The zero-order valence-corrected chi connectivity index (χ0v) is 19.5. The number of guanidine groups is 1. The van der Waals surface area contributed by atoms with Gasteiger partial charge in [0, 0.05) is 31.9 Å². The number of aromatic nitrogens is 4. The minimum Gasteiger partial charge on any atom is -0.497 e. The number of ether oxygens (including phenoxy) is 1. The van der Waals surface area contributed by atoms with Gasteiger partial charge in [0.25, 0.3) is 0 Å². The number of nitrogens with one attached hydrogen (secondary N) is 2. The van der Waals surface area contributed by atoms with E-state index in [1.807, 2.05) is 42.8 Å². The van der Waals surface area contributed by atoms with Gasteiger partial charge in [-0.15, -0.1) is 10.2 Å². The molecule has 8 heteroatoms. The highest BCUT2D eigenvalue weighted by Gasteiger charge is 2.07. The maximum Gasteiger partial charge on any atom is 0.191 e. The van der Waals surface area contributed by atoms with Crippen LogP contribution in [-0.4, -0.2) is 38.9 Å². The molecule has 2 heterocycles. The molecule has 8 nitrogen and oxygen atoms in total. The monoisotopic (exact) mass is 445 g/mol. The van der Waals surface area contributed by atoms with E-state index in [1.54, 1.807) is 7.11 Å². The van der Waals surface area contributed by atoms with Crippen molar-refractivity contribution in [2.45, 2.75) is 33.0 Å². The van der Waals surface area contributed by atoms with E-state index < -0.39 is 0 Å². The first kappa shape index (κ1) is 22.4. The van der Waals surface area contributed by atoms with Gasteiger partial charge in [0.1, 0.15) is 11.6 Å². The Kier molecular flexibility index (Phi) is 7.24. The summed E-state index contributed by atoms with van der Waals surface area (Å²) in [6.07, 6.45) is 3.13. The van der Waals surface area contributed by atoms with Crippen LogP contribution in [0.25, 0.3) is 10.9 Å². The molecule has 0 aliphatic carbocycles. The number of hydrogen-bond acceptors (Lipinski definition) is 4. The lowest BCUT2D eigenvalue weighted by molar-refractivity contribution is 0.414. The Morgan fingerprint density at radius 2 is 1.85 bits per heavy atom. The molecule has 0 atom stereocenters. The summed E-state index contributed by atoms with van der Waals surface area (Å²) in [5, 5.41) is 16.5. The molecule has 33 heavy (non-hydrogen) atoms. The van der Waals surface area contributed by atoms with E-state index in [4.69, 9.17) is 9.73 Å². The minimum absolute atomic E-state index is 0.550. The molecule has 0 radical (unpaired) electrons. The smallest absolute Gasteiger partial charge is 0.191 e. The van der Waals surface area contributed by atoms with E-state index in [0.29, 0.717) is 13.1 Å². The number of hydrogen-bond donors (Lipinski definition) is 2. The highest BCUT2D eigenvalue weighted by Crippen LogP contribution is 2.15. The molecule has 4 rings (SSSR count). The second kappa shape index (κ2) is 10.7. The largest absolute Gasteiger partial charge is 0.497 e. The van der Waals surface area contributed by atoms with Crippen molar-refractivity contribution in [3.05, 3.63) is 78.0 Å². The van der Waals surface area contributed by atoms with Crippen LogP contribution in [0.15, 0.2) is 65.8 Å². The number of rotatable bonds is 9. The van der Waals surface area contributed by atoms with Gasteiger partial charge in [0.15, 0.2) is 11.8 Å². The zero-order valence-electron chi connectivity index (χ0n) is 19.5. The molecule has 0 fully saturated rings. The Bertz CT molecular complexity index is 1210. The van der Waals surface area contributed by atoms with Crippen LogP contribution in [0.3, 0.4) is 0 Å². The third kappa shape index (κ3) is 5.71. The van der Waals surface area contributed by atoms with Crippen LogP contribution in [0.1, 0.15) is 23.6 Å².